The molecule has 17 heavy (non-hydrogen) atoms. The molecule has 1 aromatic carbocycles. The summed E-state index contributed by atoms with van der Waals surface area (Å²) in [7, 11) is -3.22. The van der Waals surface area contributed by atoms with Crippen LogP contribution in [-0.2, 0) is 10.0 Å². The van der Waals surface area contributed by atoms with Crippen LogP contribution in [0.3, 0.4) is 0 Å². The highest BCUT2D eigenvalue weighted by Gasteiger charge is 2.28. The summed E-state index contributed by atoms with van der Waals surface area (Å²) >= 11 is 3.35. The smallest absolute Gasteiger partial charge is 0.235 e. The molecule has 1 saturated carbocycles. The first-order valence-corrected chi connectivity index (χ1v) is 8.11. The number of benzene rings is 1. The van der Waals surface area contributed by atoms with Gasteiger partial charge in [0.25, 0.3) is 0 Å². The Bertz CT molecular complexity index is 507. The lowest BCUT2D eigenvalue weighted by Gasteiger charge is -2.15. The summed E-state index contributed by atoms with van der Waals surface area (Å²) in [4.78, 5) is 0. The molecule has 5 heteroatoms. The Balaban J connectivity index is 2.22. The lowest BCUT2D eigenvalue weighted by Crippen LogP contribution is -2.25. The van der Waals surface area contributed by atoms with E-state index in [9.17, 15) is 8.42 Å². The zero-order valence-corrected chi connectivity index (χ0v) is 12.1. The molecule has 3 nitrogen and oxygen atoms in total. The Kier molecular flexibility index (Phi) is 3.78. The van der Waals surface area contributed by atoms with Crippen LogP contribution in [0.5, 0.6) is 0 Å². The van der Waals surface area contributed by atoms with E-state index in [4.69, 9.17) is 0 Å². The molecule has 94 valence electrons. The van der Waals surface area contributed by atoms with E-state index in [2.05, 4.69) is 20.7 Å². The topological polar surface area (TPSA) is 46.2 Å². The van der Waals surface area contributed by atoms with Crippen LogP contribution >= 0.6 is 15.9 Å². The van der Waals surface area contributed by atoms with Crippen LogP contribution in [0.15, 0.2) is 22.7 Å². The molecule has 1 fully saturated rings. The van der Waals surface area contributed by atoms with E-state index in [0.717, 1.165) is 35.7 Å². The maximum absolute atomic E-state index is 12.1. The molecule has 0 unspecified atom stereocenters. The highest BCUT2D eigenvalue weighted by atomic mass is 79.9. The number of rotatable bonds is 3. The van der Waals surface area contributed by atoms with Gasteiger partial charge < -0.3 is 0 Å². The maximum Gasteiger partial charge on any atom is 0.235 e. The highest BCUT2D eigenvalue weighted by Crippen LogP contribution is 2.28. The first kappa shape index (κ1) is 12.9. The molecule has 1 N–H and O–H groups in total. The second-order valence-electron chi connectivity index (χ2n) is 4.51. The summed E-state index contributed by atoms with van der Waals surface area (Å²) in [5.41, 5.74) is 1.61. The molecule has 1 aromatic rings. The number of halogens is 1. The molecule has 0 amide bonds. The van der Waals surface area contributed by atoms with Gasteiger partial charge >= 0.3 is 0 Å². The van der Waals surface area contributed by atoms with E-state index in [1.54, 1.807) is 0 Å². The van der Waals surface area contributed by atoms with Crippen molar-refractivity contribution in [2.45, 2.75) is 37.9 Å². The molecule has 1 aliphatic carbocycles. The quantitative estimate of drug-likeness (QED) is 0.928. The standard InChI is InChI=1S/C12H16BrNO2S/c1-9-6-7-10(13)8-12(9)14-17(15,16)11-4-2-3-5-11/h6-8,11,14H,2-5H2,1H3. The van der Waals surface area contributed by atoms with Gasteiger partial charge in [-0.25, -0.2) is 8.42 Å². The fourth-order valence-electron chi connectivity index (χ4n) is 2.14. The predicted molar refractivity (Wildman–Crippen MR) is 73.7 cm³/mol. The lowest BCUT2D eigenvalue weighted by molar-refractivity contribution is 0.585. The highest BCUT2D eigenvalue weighted by molar-refractivity contribution is 9.10. The van der Waals surface area contributed by atoms with Gasteiger partial charge in [-0.2, -0.15) is 0 Å². The van der Waals surface area contributed by atoms with Crippen LogP contribution in [0.1, 0.15) is 31.2 Å². The van der Waals surface area contributed by atoms with Crippen molar-refractivity contribution in [1.82, 2.24) is 0 Å². The van der Waals surface area contributed by atoms with Crippen molar-refractivity contribution in [3.8, 4) is 0 Å². The van der Waals surface area contributed by atoms with Crippen molar-refractivity contribution in [3.05, 3.63) is 28.2 Å². The van der Waals surface area contributed by atoms with Crippen LogP contribution in [-0.4, -0.2) is 13.7 Å². The number of sulfonamides is 1. The fraction of sp³-hybridized carbons (Fsp3) is 0.500. The number of nitrogens with one attached hydrogen (secondary N) is 1. The molecule has 0 saturated heterocycles. The third-order valence-electron chi connectivity index (χ3n) is 3.19. The monoisotopic (exact) mass is 317 g/mol. The summed E-state index contributed by atoms with van der Waals surface area (Å²) in [5.74, 6) is 0. The van der Waals surface area contributed by atoms with E-state index >= 15 is 0 Å². The first-order chi connectivity index (χ1) is 7.99. The van der Waals surface area contributed by atoms with Gasteiger partial charge in [-0.3, -0.25) is 4.72 Å². The number of hydrogen-bond acceptors (Lipinski definition) is 2. The molecular formula is C12H16BrNO2S. The van der Waals surface area contributed by atoms with Gasteiger partial charge in [0.1, 0.15) is 0 Å². The number of aryl methyl sites for hydroxylation is 1. The van der Waals surface area contributed by atoms with Gasteiger partial charge in [0, 0.05) is 4.47 Å². The molecule has 0 heterocycles. The minimum Gasteiger partial charge on any atom is -0.283 e. The van der Waals surface area contributed by atoms with E-state index in [0.29, 0.717) is 5.69 Å². The summed E-state index contributed by atoms with van der Waals surface area (Å²) < 4.78 is 27.9. The third kappa shape index (κ3) is 3.01. The normalized spacial score (nSPS) is 17.3. The molecular weight excluding hydrogens is 302 g/mol. The second kappa shape index (κ2) is 4.98. The zero-order chi connectivity index (χ0) is 12.5. The minimum absolute atomic E-state index is 0.221. The summed E-state index contributed by atoms with van der Waals surface area (Å²) in [6.45, 7) is 1.90. The average molecular weight is 318 g/mol. The number of hydrogen-bond donors (Lipinski definition) is 1. The summed E-state index contributed by atoms with van der Waals surface area (Å²) in [6, 6.07) is 5.61. The van der Waals surface area contributed by atoms with Crippen LogP contribution in [0.25, 0.3) is 0 Å². The van der Waals surface area contributed by atoms with Gasteiger partial charge in [0.15, 0.2) is 0 Å². The van der Waals surface area contributed by atoms with E-state index in [-0.39, 0.29) is 5.25 Å². The SMILES string of the molecule is Cc1ccc(Br)cc1NS(=O)(=O)C1CCCC1. The van der Waals surface area contributed by atoms with E-state index < -0.39 is 10.0 Å². The van der Waals surface area contributed by atoms with Crippen molar-refractivity contribution in [2.75, 3.05) is 4.72 Å². The Labute approximate surface area is 111 Å². The molecule has 1 aliphatic rings. The third-order valence-corrected chi connectivity index (χ3v) is 5.54. The zero-order valence-electron chi connectivity index (χ0n) is 9.74. The van der Waals surface area contributed by atoms with Gasteiger partial charge in [-0.15, -0.1) is 0 Å². The summed E-state index contributed by atoms with van der Waals surface area (Å²) in [5, 5.41) is -0.221. The van der Waals surface area contributed by atoms with Gasteiger partial charge in [-0.05, 0) is 37.5 Å². The van der Waals surface area contributed by atoms with Crippen molar-refractivity contribution in [1.29, 1.82) is 0 Å². The minimum atomic E-state index is -3.22. The van der Waals surface area contributed by atoms with Crippen LogP contribution in [0.4, 0.5) is 5.69 Å². The molecule has 0 spiro atoms. The van der Waals surface area contributed by atoms with Crippen molar-refractivity contribution in [3.63, 3.8) is 0 Å². The molecule has 0 bridgehead atoms. The Hall–Kier alpha value is -0.550. The first-order valence-electron chi connectivity index (χ1n) is 5.77. The molecule has 0 aromatic heterocycles. The Morgan fingerprint density at radius 1 is 1.29 bits per heavy atom. The largest absolute Gasteiger partial charge is 0.283 e. The Morgan fingerprint density at radius 3 is 2.59 bits per heavy atom. The lowest BCUT2D eigenvalue weighted by atomic mass is 10.2. The van der Waals surface area contributed by atoms with E-state index in [1.165, 1.54) is 0 Å². The maximum atomic E-state index is 12.1. The van der Waals surface area contributed by atoms with Crippen LogP contribution < -0.4 is 4.72 Å². The van der Waals surface area contributed by atoms with Crippen molar-refractivity contribution in [2.24, 2.45) is 0 Å². The molecule has 0 atom stereocenters. The second-order valence-corrected chi connectivity index (χ2v) is 7.39. The van der Waals surface area contributed by atoms with Crippen molar-refractivity contribution >= 4 is 31.6 Å². The van der Waals surface area contributed by atoms with Crippen LogP contribution in [0.2, 0.25) is 0 Å². The fourth-order valence-corrected chi connectivity index (χ4v) is 4.15. The predicted octanol–water partition coefficient (Wildman–Crippen LogP) is 3.44. The number of anilines is 1. The summed E-state index contributed by atoms with van der Waals surface area (Å²) in [6.07, 6.45) is 3.59. The Morgan fingerprint density at radius 2 is 1.94 bits per heavy atom. The molecule has 0 aliphatic heterocycles. The molecule has 2 rings (SSSR count). The van der Waals surface area contributed by atoms with Gasteiger partial charge in [-0.1, -0.05) is 34.8 Å². The molecule has 0 radical (unpaired) electrons. The van der Waals surface area contributed by atoms with Crippen molar-refractivity contribution < 1.29 is 8.42 Å². The van der Waals surface area contributed by atoms with Gasteiger partial charge in [0.05, 0.1) is 10.9 Å². The van der Waals surface area contributed by atoms with Crippen LogP contribution in [0, 0.1) is 6.92 Å². The average Bonchev–Trinajstić information content (AvgIpc) is 2.77. The van der Waals surface area contributed by atoms with Gasteiger partial charge in [0.2, 0.25) is 10.0 Å². The van der Waals surface area contributed by atoms with E-state index in [1.807, 2.05) is 25.1 Å².